The molecule has 0 radical (unpaired) electrons. The molecular weight excluding hydrogens is 164 g/mol. The SMILES string of the molecule is CCN1CCC(O)(CCNC)CC1. The maximum absolute atomic E-state index is 10.1. The molecule has 3 nitrogen and oxygen atoms in total. The summed E-state index contributed by atoms with van der Waals surface area (Å²) in [5.74, 6) is 0. The Bertz CT molecular complexity index is 142. The molecule has 0 amide bonds. The third kappa shape index (κ3) is 3.25. The second-order valence-electron chi connectivity index (χ2n) is 4.01. The summed E-state index contributed by atoms with van der Waals surface area (Å²) in [7, 11) is 1.94. The maximum Gasteiger partial charge on any atom is 0.0684 e. The molecule has 0 aromatic heterocycles. The molecule has 1 aliphatic heterocycles. The zero-order valence-corrected chi connectivity index (χ0v) is 8.84. The molecule has 0 bridgehead atoms. The summed E-state index contributed by atoms with van der Waals surface area (Å²) in [6, 6.07) is 0. The lowest BCUT2D eigenvalue weighted by Gasteiger charge is -2.37. The highest BCUT2D eigenvalue weighted by Gasteiger charge is 2.30. The van der Waals surface area contributed by atoms with Gasteiger partial charge in [-0.05, 0) is 39.4 Å². The highest BCUT2D eigenvalue weighted by Crippen LogP contribution is 2.24. The predicted octanol–water partition coefficient (Wildman–Crippen LogP) is 0.443. The Morgan fingerprint density at radius 3 is 2.46 bits per heavy atom. The third-order valence-corrected chi connectivity index (χ3v) is 3.07. The van der Waals surface area contributed by atoms with Crippen molar-refractivity contribution in [3.8, 4) is 0 Å². The molecule has 0 unspecified atom stereocenters. The lowest BCUT2D eigenvalue weighted by Crippen LogP contribution is -2.45. The van der Waals surface area contributed by atoms with Gasteiger partial charge in [0.05, 0.1) is 5.60 Å². The number of rotatable bonds is 4. The molecule has 0 aromatic rings. The highest BCUT2D eigenvalue weighted by molar-refractivity contribution is 4.85. The second kappa shape index (κ2) is 4.94. The van der Waals surface area contributed by atoms with Crippen molar-refractivity contribution < 1.29 is 5.11 Å². The molecule has 0 aliphatic carbocycles. The molecule has 1 saturated heterocycles. The van der Waals surface area contributed by atoms with Crippen LogP contribution in [0.3, 0.4) is 0 Å². The average Bonchev–Trinajstić information content (AvgIpc) is 2.16. The Labute approximate surface area is 81.1 Å². The Hall–Kier alpha value is -0.120. The second-order valence-corrected chi connectivity index (χ2v) is 4.01. The molecule has 13 heavy (non-hydrogen) atoms. The van der Waals surface area contributed by atoms with Gasteiger partial charge in [0.1, 0.15) is 0 Å². The summed E-state index contributed by atoms with van der Waals surface area (Å²) < 4.78 is 0. The zero-order chi connectivity index (χ0) is 9.73. The first-order valence-corrected chi connectivity index (χ1v) is 5.29. The molecule has 0 aromatic carbocycles. The number of piperidine rings is 1. The summed E-state index contributed by atoms with van der Waals surface area (Å²) in [6.45, 7) is 6.32. The minimum absolute atomic E-state index is 0.394. The first-order valence-electron chi connectivity index (χ1n) is 5.29. The van der Waals surface area contributed by atoms with Crippen molar-refractivity contribution in [2.45, 2.75) is 31.8 Å². The average molecular weight is 186 g/mol. The fourth-order valence-electron chi connectivity index (χ4n) is 1.89. The maximum atomic E-state index is 10.1. The fourth-order valence-corrected chi connectivity index (χ4v) is 1.89. The molecule has 0 saturated carbocycles. The highest BCUT2D eigenvalue weighted by atomic mass is 16.3. The van der Waals surface area contributed by atoms with Crippen molar-refractivity contribution in [1.29, 1.82) is 0 Å². The molecule has 78 valence electrons. The van der Waals surface area contributed by atoms with Crippen LogP contribution >= 0.6 is 0 Å². The minimum Gasteiger partial charge on any atom is -0.390 e. The van der Waals surface area contributed by atoms with Crippen molar-refractivity contribution in [3.63, 3.8) is 0 Å². The minimum atomic E-state index is -0.394. The van der Waals surface area contributed by atoms with Crippen LogP contribution in [0.1, 0.15) is 26.2 Å². The van der Waals surface area contributed by atoms with E-state index in [1.807, 2.05) is 7.05 Å². The van der Waals surface area contributed by atoms with Crippen molar-refractivity contribution >= 4 is 0 Å². The van der Waals surface area contributed by atoms with Crippen LogP contribution < -0.4 is 5.32 Å². The Balaban J connectivity index is 2.28. The molecule has 3 heteroatoms. The van der Waals surface area contributed by atoms with Crippen molar-refractivity contribution in [2.75, 3.05) is 33.2 Å². The van der Waals surface area contributed by atoms with E-state index in [2.05, 4.69) is 17.1 Å². The lowest BCUT2D eigenvalue weighted by atomic mass is 9.88. The summed E-state index contributed by atoms with van der Waals surface area (Å²) in [6.07, 6.45) is 2.76. The monoisotopic (exact) mass is 186 g/mol. The normalized spacial score (nSPS) is 23.3. The summed E-state index contributed by atoms with van der Waals surface area (Å²) in [5, 5.41) is 13.2. The van der Waals surface area contributed by atoms with E-state index in [1.54, 1.807) is 0 Å². The van der Waals surface area contributed by atoms with Gasteiger partial charge >= 0.3 is 0 Å². The van der Waals surface area contributed by atoms with E-state index in [0.717, 1.165) is 45.4 Å². The third-order valence-electron chi connectivity index (χ3n) is 3.07. The van der Waals surface area contributed by atoms with Gasteiger partial charge in [-0.15, -0.1) is 0 Å². The number of hydrogen-bond donors (Lipinski definition) is 2. The van der Waals surface area contributed by atoms with E-state index in [-0.39, 0.29) is 0 Å². The number of nitrogens with zero attached hydrogens (tertiary/aromatic N) is 1. The summed E-state index contributed by atoms with van der Waals surface area (Å²) in [5.41, 5.74) is -0.394. The Kier molecular flexibility index (Phi) is 4.16. The summed E-state index contributed by atoms with van der Waals surface area (Å²) >= 11 is 0. The van der Waals surface area contributed by atoms with Gasteiger partial charge in [-0.2, -0.15) is 0 Å². The number of nitrogens with one attached hydrogen (secondary N) is 1. The van der Waals surface area contributed by atoms with E-state index in [9.17, 15) is 5.11 Å². The number of likely N-dealkylation sites (tertiary alicyclic amines) is 1. The van der Waals surface area contributed by atoms with Crippen LogP contribution in [0.25, 0.3) is 0 Å². The van der Waals surface area contributed by atoms with Crippen molar-refractivity contribution in [1.82, 2.24) is 10.2 Å². The van der Waals surface area contributed by atoms with E-state index in [4.69, 9.17) is 0 Å². The molecule has 1 aliphatic rings. The fraction of sp³-hybridized carbons (Fsp3) is 1.00. The van der Waals surface area contributed by atoms with Crippen LogP contribution in [0.5, 0.6) is 0 Å². The van der Waals surface area contributed by atoms with E-state index < -0.39 is 5.60 Å². The molecule has 1 heterocycles. The van der Waals surface area contributed by atoms with Crippen LogP contribution in [0.4, 0.5) is 0 Å². The molecule has 2 N–H and O–H groups in total. The van der Waals surface area contributed by atoms with Gasteiger partial charge in [0.25, 0.3) is 0 Å². The Morgan fingerprint density at radius 1 is 1.38 bits per heavy atom. The lowest BCUT2D eigenvalue weighted by molar-refractivity contribution is -0.0256. The molecular formula is C10H22N2O. The van der Waals surface area contributed by atoms with Gasteiger partial charge in [-0.3, -0.25) is 0 Å². The first-order chi connectivity index (χ1) is 6.20. The quantitative estimate of drug-likeness (QED) is 0.669. The van der Waals surface area contributed by atoms with Crippen LogP contribution in [-0.2, 0) is 0 Å². The van der Waals surface area contributed by atoms with Gasteiger partial charge in [0.15, 0.2) is 0 Å². The van der Waals surface area contributed by atoms with Crippen LogP contribution in [0.15, 0.2) is 0 Å². The van der Waals surface area contributed by atoms with E-state index in [1.165, 1.54) is 0 Å². The van der Waals surface area contributed by atoms with Gasteiger partial charge < -0.3 is 15.3 Å². The first kappa shape index (κ1) is 11.0. The number of hydrogen-bond acceptors (Lipinski definition) is 3. The molecule has 1 fully saturated rings. The molecule has 1 rings (SSSR count). The topological polar surface area (TPSA) is 35.5 Å². The van der Waals surface area contributed by atoms with Gasteiger partial charge in [-0.1, -0.05) is 6.92 Å². The molecule has 0 atom stereocenters. The van der Waals surface area contributed by atoms with Crippen LogP contribution in [0, 0.1) is 0 Å². The van der Waals surface area contributed by atoms with E-state index in [0.29, 0.717) is 0 Å². The van der Waals surface area contributed by atoms with Crippen LogP contribution in [-0.4, -0.2) is 48.8 Å². The zero-order valence-electron chi connectivity index (χ0n) is 8.84. The van der Waals surface area contributed by atoms with Crippen LogP contribution in [0.2, 0.25) is 0 Å². The van der Waals surface area contributed by atoms with Crippen molar-refractivity contribution in [2.24, 2.45) is 0 Å². The predicted molar refractivity (Wildman–Crippen MR) is 54.8 cm³/mol. The van der Waals surface area contributed by atoms with Gasteiger partial charge in [-0.25, -0.2) is 0 Å². The standard InChI is InChI=1S/C10H22N2O/c1-3-12-8-5-10(13,6-9-12)4-7-11-2/h11,13H,3-9H2,1-2H3. The molecule has 0 spiro atoms. The van der Waals surface area contributed by atoms with Crippen molar-refractivity contribution in [3.05, 3.63) is 0 Å². The van der Waals surface area contributed by atoms with Gasteiger partial charge in [0.2, 0.25) is 0 Å². The smallest absolute Gasteiger partial charge is 0.0684 e. The Morgan fingerprint density at radius 2 is 2.00 bits per heavy atom. The largest absolute Gasteiger partial charge is 0.390 e. The number of aliphatic hydroxyl groups is 1. The summed E-state index contributed by atoms with van der Waals surface area (Å²) in [4.78, 5) is 2.40. The van der Waals surface area contributed by atoms with E-state index >= 15 is 0 Å². The van der Waals surface area contributed by atoms with Gasteiger partial charge in [0, 0.05) is 13.1 Å².